The largest absolute Gasteiger partial charge is 0.370 e. The van der Waals surface area contributed by atoms with E-state index < -0.39 is 0 Å². The van der Waals surface area contributed by atoms with E-state index in [0.717, 1.165) is 47.0 Å². The van der Waals surface area contributed by atoms with Gasteiger partial charge in [0.1, 0.15) is 10.8 Å². The van der Waals surface area contributed by atoms with E-state index >= 15 is 0 Å². The molecule has 9 heteroatoms. The summed E-state index contributed by atoms with van der Waals surface area (Å²) in [7, 11) is 0. The Morgan fingerprint density at radius 1 is 1.38 bits per heavy atom. The molecule has 0 spiro atoms. The van der Waals surface area contributed by atoms with E-state index in [-0.39, 0.29) is 0 Å². The number of anilines is 1. The van der Waals surface area contributed by atoms with Crippen LogP contribution in [0.3, 0.4) is 0 Å². The highest BCUT2D eigenvalue weighted by atomic mass is 32.2. The molecule has 0 amide bonds. The Labute approximate surface area is 131 Å². The van der Waals surface area contributed by atoms with E-state index in [4.69, 9.17) is 0 Å². The van der Waals surface area contributed by atoms with Crippen LogP contribution in [0.4, 0.5) is 5.82 Å². The smallest absolute Gasteiger partial charge is 0.215 e. The van der Waals surface area contributed by atoms with E-state index in [0.29, 0.717) is 6.04 Å². The van der Waals surface area contributed by atoms with Crippen LogP contribution in [0.2, 0.25) is 0 Å². The molecule has 0 radical (unpaired) electrons. The van der Waals surface area contributed by atoms with Crippen LogP contribution >= 0.6 is 23.5 Å². The molecular weight excluding hydrogens is 306 g/mol. The predicted molar refractivity (Wildman–Crippen MR) is 82.8 cm³/mol. The van der Waals surface area contributed by atoms with Gasteiger partial charge >= 0.3 is 0 Å². The first kappa shape index (κ1) is 14.6. The second-order valence-corrected chi connectivity index (χ2v) is 6.51. The van der Waals surface area contributed by atoms with Crippen molar-refractivity contribution in [1.29, 1.82) is 0 Å². The minimum atomic E-state index is 0.460. The van der Waals surface area contributed by atoms with Gasteiger partial charge in [-0.05, 0) is 47.7 Å². The summed E-state index contributed by atoms with van der Waals surface area (Å²) in [4.78, 5) is 8.98. The lowest BCUT2D eigenvalue weighted by Crippen LogP contribution is -2.04. The normalized spacial score (nSPS) is 14.4. The monoisotopic (exact) mass is 323 g/mol. The van der Waals surface area contributed by atoms with Crippen LogP contribution < -0.4 is 5.32 Å². The molecule has 1 N–H and O–H groups in total. The van der Waals surface area contributed by atoms with Gasteiger partial charge in [-0.3, -0.25) is 0 Å². The summed E-state index contributed by atoms with van der Waals surface area (Å²) in [5.74, 6) is 0.851. The Balaban J connectivity index is 1.81. The van der Waals surface area contributed by atoms with Crippen molar-refractivity contribution >= 4 is 29.3 Å². The number of thioether (sulfide) groups is 1. The SMILES string of the molecule is CCCNc1cc(Sc2nnnn2C2CC2)nc(SC)n1. The van der Waals surface area contributed by atoms with Crippen LogP contribution in [0, 0.1) is 0 Å². The van der Waals surface area contributed by atoms with Crippen LogP contribution in [0.5, 0.6) is 0 Å². The standard InChI is InChI=1S/C12H17N7S2/c1-3-6-13-9-7-10(15-11(14-9)20-2)21-12-16-17-18-19(12)8-4-5-8/h7-8H,3-6H2,1-2H3,(H,13,14,15). The third-order valence-electron chi connectivity index (χ3n) is 2.97. The molecule has 0 saturated heterocycles. The fraction of sp³-hybridized carbons (Fsp3) is 0.583. The van der Waals surface area contributed by atoms with Gasteiger partial charge in [0, 0.05) is 12.6 Å². The van der Waals surface area contributed by atoms with Gasteiger partial charge in [0.05, 0.1) is 6.04 Å². The minimum absolute atomic E-state index is 0.460. The Morgan fingerprint density at radius 3 is 2.95 bits per heavy atom. The first-order valence-corrected chi connectivity index (χ1v) is 8.97. The van der Waals surface area contributed by atoms with Gasteiger partial charge in [-0.2, -0.15) is 0 Å². The molecule has 7 nitrogen and oxygen atoms in total. The van der Waals surface area contributed by atoms with Gasteiger partial charge < -0.3 is 5.32 Å². The van der Waals surface area contributed by atoms with Crippen molar-refractivity contribution in [2.24, 2.45) is 0 Å². The fourth-order valence-electron chi connectivity index (χ4n) is 1.79. The number of aromatic nitrogens is 6. The zero-order valence-electron chi connectivity index (χ0n) is 12.0. The predicted octanol–water partition coefficient (Wildman–Crippen LogP) is 2.49. The molecule has 0 bridgehead atoms. The Hall–Kier alpha value is -1.35. The summed E-state index contributed by atoms with van der Waals surface area (Å²) in [6.45, 7) is 3.03. The van der Waals surface area contributed by atoms with E-state index in [1.54, 1.807) is 0 Å². The lowest BCUT2D eigenvalue weighted by atomic mass is 10.4. The highest BCUT2D eigenvalue weighted by Gasteiger charge is 2.28. The zero-order valence-corrected chi connectivity index (χ0v) is 13.6. The van der Waals surface area contributed by atoms with Crippen molar-refractivity contribution in [3.63, 3.8) is 0 Å². The van der Waals surface area contributed by atoms with E-state index in [1.165, 1.54) is 23.5 Å². The van der Waals surface area contributed by atoms with E-state index in [1.807, 2.05) is 17.0 Å². The van der Waals surface area contributed by atoms with Crippen molar-refractivity contribution in [1.82, 2.24) is 30.2 Å². The Morgan fingerprint density at radius 2 is 2.24 bits per heavy atom. The molecule has 1 aliphatic carbocycles. The van der Waals surface area contributed by atoms with Gasteiger partial charge in [0.25, 0.3) is 0 Å². The lowest BCUT2D eigenvalue weighted by molar-refractivity contribution is 0.565. The molecule has 21 heavy (non-hydrogen) atoms. The summed E-state index contributed by atoms with van der Waals surface area (Å²) in [6.07, 6.45) is 5.34. The van der Waals surface area contributed by atoms with Crippen LogP contribution in [0.15, 0.2) is 21.4 Å². The summed E-state index contributed by atoms with van der Waals surface area (Å²) in [5.41, 5.74) is 0. The van der Waals surface area contributed by atoms with Crippen molar-refractivity contribution in [2.75, 3.05) is 18.1 Å². The minimum Gasteiger partial charge on any atom is -0.370 e. The van der Waals surface area contributed by atoms with Gasteiger partial charge in [-0.15, -0.1) is 5.10 Å². The molecule has 0 aliphatic heterocycles. The maximum Gasteiger partial charge on any atom is 0.215 e. The molecule has 0 atom stereocenters. The molecule has 0 unspecified atom stereocenters. The molecule has 3 rings (SSSR count). The molecule has 0 aromatic carbocycles. The molecule has 112 valence electrons. The van der Waals surface area contributed by atoms with Gasteiger partial charge in [0.15, 0.2) is 5.16 Å². The Bertz CT molecular complexity index is 611. The van der Waals surface area contributed by atoms with Crippen molar-refractivity contribution in [2.45, 2.75) is 47.6 Å². The highest BCUT2D eigenvalue weighted by Crippen LogP contribution is 2.38. The molecule has 1 saturated carbocycles. The summed E-state index contributed by atoms with van der Waals surface area (Å²) >= 11 is 3.02. The average molecular weight is 323 g/mol. The lowest BCUT2D eigenvalue weighted by Gasteiger charge is -2.08. The maximum absolute atomic E-state index is 4.52. The molecule has 1 aliphatic rings. The number of tetrazole rings is 1. The summed E-state index contributed by atoms with van der Waals surface area (Å²) in [5, 5.41) is 17.6. The quantitative estimate of drug-likeness (QED) is 0.473. The molecule has 1 fully saturated rings. The highest BCUT2D eigenvalue weighted by molar-refractivity contribution is 7.99. The van der Waals surface area contributed by atoms with Crippen molar-refractivity contribution < 1.29 is 0 Å². The maximum atomic E-state index is 4.52. The second kappa shape index (κ2) is 6.61. The third kappa shape index (κ3) is 3.65. The number of nitrogens with one attached hydrogen (secondary N) is 1. The second-order valence-electron chi connectivity index (χ2n) is 4.74. The van der Waals surface area contributed by atoms with E-state index in [2.05, 4.69) is 37.7 Å². The topological polar surface area (TPSA) is 81.4 Å². The molecule has 2 aromatic rings. The number of hydrogen-bond acceptors (Lipinski definition) is 8. The average Bonchev–Trinajstić information content (AvgIpc) is 3.25. The van der Waals surface area contributed by atoms with Crippen molar-refractivity contribution in [3.05, 3.63) is 6.07 Å². The van der Waals surface area contributed by atoms with E-state index in [9.17, 15) is 0 Å². The Kier molecular flexibility index (Phi) is 4.59. The van der Waals surface area contributed by atoms with Gasteiger partial charge in [-0.1, -0.05) is 18.7 Å². The molecular formula is C12H17N7S2. The van der Waals surface area contributed by atoms with Crippen molar-refractivity contribution in [3.8, 4) is 0 Å². The first-order chi connectivity index (χ1) is 10.3. The van der Waals surface area contributed by atoms with Crippen LogP contribution in [0.25, 0.3) is 0 Å². The van der Waals surface area contributed by atoms with Crippen LogP contribution in [0.1, 0.15) is 32.2 Å². The first-order valence-electron chi connectivity index (χ1n) is 6.92. The number of nitrogens with zero attached hydrogens (tertiary/aromatic N) is 6. The molecule has 2 aromatic heterocycles. The fourth-order valence-corrected chi connectivity index (χ4v) is 3.07. The molecule has 2 heterocycles. The number of hydrogen-bond donors (Lipinski definition) is 1. The van der Waals surface area contributed by atoms with Gasteiger partial charge in [-0.25, -0.2) is 14.6 Å². The summed E-state index contributed by atoms with van der Waals surface area (Å²) in [6, 6.07) is 2.41. The third-order valence-corrected chi connectivity index (χ3v) is 4.39. The number of rotatable bonds is 7. The van der Waals surface area contributed by atoms with Gasteiger partial charge in [0.2, 0.25) is 5.16 Å². The summed E-state index contributed by atoms with van der Waals surface area (Å²) < 4.78 is 1.89. The van der Waals surface area contributed by atoms with Crippen LogP contribution in [-0.4, -0.2) is 43.0 Å². The van der Waals surface area contributed by atoms with Crippen LogP contribution in [-0.2, 0) is 0 Å². The zero-order chi connectivity index (χ0) is 14.7.